The molecule has 0 aromatic heterocycles. The number of nitrogens with two attached hydrogens (primary N) is 1. The third-order valence-corrected chi connectivity index (χ3v) is 5.63. The maximum Gasteiger partial charge on any atom is 0.0700 e. The highest BCUT2D eigenvalue weighted by atomic mass is 35.5. The molecule has 1 saturated carbocycles. The molecule has 21 heavy (non-hydrogen) atoms. The second-order valence-electron chi connectivity index (χ2n) is 6.59. The van der Waals surface area contributed by atoms with Crippen LogP contribution in [0.15, 0.2) is 24.3 Å². The van der Waals surface area contributed by atoms with Crippen molar-refractivity contribution in [3.05, 3.63) is 34.9 Å². The largest absolute Gasteiger partial charge is 0.390 e. The van der Waals surface area contributed by atoms with Crippen molar-refractivity contribution in [2.75, 3.05) is 19.6 Å². The summed E-state index contributed by atoms with van der Waals surface area (Å²) in [6, 6.07) is 8.23. The number of rotatable bonds is 3. The number of aliphatic hydroxyl groups is 1. The zero-order valence-electron chi connectivity index (χ0n) is 12.5. The molecule has 1 aliphatic carbocycles. The first-order valence-corrected chi connectivity index (χ1v) is 8.42. The fourth-order valence-corrected chi connectivity index (χ4v) is 4.19. The summed E-state index contributed by atoms with van der Waals surface area (Å²) in [5, 5.41) is 11.6. The number of hydrogen-bond donors (Lipinski definition) is 2. The van der Waals surface area contributed by atoms with Crippen molar-refractivity contribution in [3.8, 4) is 0 Å². The zero-order chi connectivity index (χ0) is 14.9. The van der Waals surface area contributed by atoms with Crippen molar-refractivity contribution in [2.45, 2.75) is 43.7 Å². The summed E-state index contributed by atoms with van der Waals surface area (Å²) in [6.45, 7) is 2.49. The van der Waals surface area contributed by atoms with Gasteiger partial charge < -0.3 is 10.8 Å². The van der Waals surface area contributed by atoms with Gasteiger partial charge in [-0.1, -0.05) is 36.6 Å². The van der Waals surface area contributed by atoms with Crippen molar-refractivity contribution < 1.29 is 5.11 Å². The lowest BCUT2D eigenvalue weighted by Gasteiger charge is -2.49. The lowest BCUT2D eigenvalue weighted by molar-refractivity contribution is -0.102. The summed E-state index contributed by atoms with van der Waals surface area (Å²) in [5.74, 6) is 0.404. The number of fused-ring (bicyclic) bond motifs is 1. The molecule has 3 rings (SSSR count). The number of hydrogen-bond acceptors (Lipinski definition) is 3. The van der Waals surface area contributed by atoms with E-state index in [4.69, 9.17) is 17.3 Å². The fourth-order valence-electron chi connectivity index (χ4n) is 4.06. The smallest absolute Gasteiger partial charge is 0.0700 e. The van der Waals surface area contributed by atoms with E-state index in [2.05, 4.69) is 17.0 Å². The molecule has 3 atom stereocenters. The highest BCUT2D eigenvalue weighted by Crippen LogP contribution is 2.41. The fraction of sp³-hybridized carbons (Fsp3) is 0.647. The Morgan fingerprint density at radius 2 is 2.05 bits per heavy atom. The Bertz CT molecular complexity index is 478. The van der Waals surface area contributed by atoms with Gasteiger partial charge >= 0.3 is 0 Å². The van der Waals surface area contributed by atoms with Crippen molar-refractivity contribution >= 4 is 11.6 Å². The number of halogens is 1. The third-order valence-electron chi connectivity index (χ3n) is 5.38. The Kier molecular flexibility index (Phi) is 4.55. The van der Waals surface area contributed by atoms with E-state index in [0.717, 1.165) is 37.4 Å². The molecule has 1 saturated heterocycles. The highest BCUT2D eigenvalue weighted by Gasteiger charge is 2.43. The Labute approximate surface area is 132 Å². The number of piperidine rings is 1. The Morgan fingerprint density at radius 3 is 2.76 bits per heavy atom. The topological polar surface area (TPSA) is 49.5 Å². The van der Waals surface area contributed by atoms with Crippen LogP contribution in [0.3, 0.4) is 0 Å². The number of benzene rings is 1. The van der Waals surface area contributed by atoms with Gasteiger partial charge in [0.15, 0.2) is 0 Å². The van der Waals surface area contributed by atoms with Crippen LogP contribution in [0.2, 0.25) is 5.02 Å². The molecule has 116 valence electrons. The summed E-state index contributed by atoms with van der Waals surface area (Å²) < 4.78 is 0. The third kappa shape index (κ3) is 3.11. The van der Waals surface area contributed by atoms with Crippen LogP contribution in [0.1, 0.15) is 43.7 Å². The second kappa shape index (κ2) is 6.25. The van der Waals surface area contributed by atoms with Gasteiger partial charge in [0, 0.05) is 36.6 Å². The molecule has 3 N–H and O–H groups in total. The van der Waals surface area contributed by atoms with Gasteiger partial charge in [-0.25, -0.2) is 0 Å². The zero-order valence-corrected chi connectivity index (χ0v) is 13.2. The molecule has 0 bridgehead atoms. The van der Waals surface area contributed by atoms with Crippen LogP contribution in [-0.2, 0) is 0 Å². The average Bonchev–Trinajstić information content (AvgIpc) is 2.50. The van der Waals surface area contributed by atoms with Crippen molar-refractivity contribution in [3.63, 3.8) is 0 Å². The van der Waals surface area contributed by atoms with E-state index in [1.807, 2.05) is 12.1 Å². The van der Waals surface area contributed by atoms with Gasteiger partial charge in [-0.2, -0.15) is 0 Å². The molecule has 3 unspecified atom stereocenters. The van der Waals surface area contributed by atoms with E-state index >= 15 is 0 Å². The minimum absolute atomic E-state index is 0.230. The maximum atomic E-state index is 10.8. The van der Waals surface area contributed by atoms with Crippen LogP contribution >= 0.6 is 11.6 Å². The first kappa shape index (κ1) is 15.3. The Balaban J connectivity index is 1.75. The van der Waals surface area contributed by atoms with Gasteiger partial charge in [0.05, 0.1) is 5.60 Å². The minimum atomic E-state index is -0.423. The van der Waals surface area contributed by atoms with E-state index in [1.54, 1.807) is 0 Å². The van der Waals surface area contributed by atoms with Gasteiger partial charge in [0.25, 0.3) is 0 Å². The van der Waals surface area contributed by atoms with E-state index in [1.165, 1.54) is 18.4 Å². The van der Waals surface area contributed by atoms with Gasteiger partial charge in [0.1, 0.15) is 0 Å². The van der Waals surface area contributed by atoms with E-state index in [0.29, 0.717) is 12.5 Å². The molecule has 4 heteroatoms. The lowest BCUT2D eigenvalue weighted by atomic mass is 9.71. The quantitative estimate of drug-likeness (QED) is 0.902. The van der Waals surface area contributed by atoms with Crippen LogP contribution < -0.4 is 5.73 Å². The summed E-state index contributed by atoms with van der Waals surface area (Å²) in [6.07, 6.45) is 5.41. The predicted octanol–water partition coefficient (Wildman–Crippen LogP) is 2.97. The van der Waals surface area contributed by atoms with Crippen molar-refractivity contribution in [2.24, 2.45) is 11.7 Å². The number of nitrogens with zero attached hydrogens (tertiary/aromatic N) is 1. The van der Waals surface area contributed by atoms with E-state index < -0.39 is 5.60 Å². The summed E-state index contributed by atoms with van der Waals surface area (Å²) in [4.78, 5) is 2.45. The molecular formula is C17H25ClN2O. The lowest BCUT2D eigenvalue weighted by Crippen LogP contribution is -2.54. The van der Waals surface area contributed by atoms with Crippen LogP contribution in [0.25, 0.3) is 0 Å². The Hall–Kier alpha value is -0.610. The average molecular weight is 309 g/mol. The van der Waals surface area contributed by atoms with Crippen molar-refractivity contribution in [1.29, 1.82) is 0 Å². The molecule has 2 aliphatic rings. The van der Waals surface area contributed by atoms with Crippen LogP contribution in [-0.4, -0.2) is 35.2 Å². The van der Waals surface area contributed by atoms with Gasteiger partial charge in [0.2, 0.25) is 0 Å². The molecule has 1 heterocycles. The molecule has 1 aliphatic heterocycles. The standard InChI is InChI=1S/C17H25ClN2O/c18-15-6-4-13(5-7-15)16(11-19)20-10-9-17(21)8-2-1-3-14(17)12-20/h4-7,14,16,21H,1-3,8-12,19H2. The normalized spacial score (nSPS) is 31.7. The molecule has 3 nitrogen and oxygen atoms in total. The van der Waals surface area contributed by atoms with Crippen LogP contribution in [0.4, 0.5) is 0 Å². The first-order chi connectivity index (χ1) is 10.1. The van der Waals surface area contributed by atoms with Crippen molar-refractivity contribution in [1.82, 2.24) is 4.90 Å². The molecule has 1 aromatic rings. The molecule has 0 amide bonds. The summed E-state index contributed by atoms with van der Waals surface area (Å²) in [5.41, 5.74) is 6.84. The minimum Gasteiger partial charge on any atom is -0.390 e. The van der Waals surface area contributed by atoms with E-state index in [9.17, 15) is 5.11 Å². The maximum absolute atomic E-state index is 10.8. The summed E-state index contributed by atoms with van der Waals surface area (Å²) in [7, 11) is 0. The molecule has 2 fully saturated rings. The summed E-state index contributed by atoms with van der Waals surface area (Å²) >= 11 is 5.98. The second-order valence-corrected chi connectivity index (χ2v) is 7.03. The molecule has 0 radical (unpaired) electrons. The van der Waals surface area contributed by atoms with Gasteiger partial charge in [-0.3, -0.25) is 4.90 Å². The SMILES string of the molecule is NCC(c1ccc(Cl)cc1)N1CCC2(O)CCCCC2C1. The highest BCUT2D eigenvalue weighted by molar-refractivity contribution is 6.30. The number of likely N-dealkylation sites (tertiary alicyclic amines) is 1. The van der Waals surface area contributed by atoms with E-state index in [-0.39, 0.29) is 6.04 Å². The Morgan fingerprint density at radius 1 is 1.29 bits per heavy atom. The van der Waals surface area contributed by atoms with Crippen LogP contribution in [0.5, 0.6) is 0 Å². The van der Waals surface area contributed by atoms with Crippen LogP contribution in [0, 0.1) is 5.92 Å². The molecular weight excluding hydrogens is 284 g/mol. The van der Waals surface area contributed by atoms with Gasteiger partial charge in [-0.05, 0) is 37.0 Å². The molecule has 1 aromatic carbocycles. The predicted molar refractivity (Wildman–Crippen MR) is 86.3 cm³/mol. The monoisotopic (exact) mass is 308 g/mol. The molecule has 0 spiro atoms. The first-order valence-electron chi connectivity index (χ1n) is 8.04. The van der Waals surface area contributed by atoms with Gasteiger partial charge in [-0.15, -0.1) is 0 Å².